The molecule has 140 valence electrons. The molecule has 1 aliphatic heterocycles. The minimum atomic E-state index is -0.165. The molecular weight excluding hydrogens is 408 g/mol. The lowest BCUT2D eigenvalue weighted by Gasteiger charge is -2.15. The number of aryl methyl sites for hydroxylation is 2. The highest BCUT2D eigenvalue weighted by molar-refractivity contribution is 9.10. The fraction of sp³-hybridized carbons (Fsp3) is 0.368. The molecule has 1 aromatic carbocycles. The molecule has 4 rings (SSSR count). The van der Waals surface area contributed by atoms with Crippen LogP contribution < -0.4 is 10.5 Å². The Kier molecular flexibility index (Phi) is 4.59. The van der Waals surface area contributed by atoms with Gasteiger partial charge in [-0.2, -0.15) is 4.98 Å². The Hall–Kier alpha value is -2.48. The van der Waals surface area contributed by atoms with E-state index in [-0.39, 0.29) is 5.56 Å². The van der Waals surface area contributed by atoms with Crippen LogP contribution >= 0.6 is 15.9 Å². The number of hydrogen-bond acceptors (Lipinski definition) is 5. The number of aromatic nitrogens is 4. The standard InChI is InChI=1S/C19H21BrN6O/c1-11-6-14(20)7-12(2)16(11)26-10-15-17(24-26)22-19(23-18(15)27)25-5-4-13(9-25)8-21-3/h6-8,10,13H,4-5,9H2,1-3H3,(H,22,23,24,27). The minimum Gasteiger partial charge on any atom is -0.342 e. The zero-order valence-corrected chi connectivity index (χ0v) is 17.1. The first-order valence-electron chi connectivity index (χ1n) is 8.90. The number of hydrogen-bond donors (Lipinski definition) is 1. The fourth-order valence-corrected chi connectivity index (χ4v) is 4.43. The zero-order valence-electron chi connectivity index (χ0n) is 15.5. The highest BCUT2D eigenvalue weighted by Gasteiger charge is 2.24. The van der Waals surface area contributed by atoms with Crippen LogP contribution in [0, 0.1) is 19.8 Å². The van der Waals surface area contributed by atoms with Gasteiger partial charge in [-0.1, -0.05) is 15.9 Å². The number of benzene rings is 1. The van der Waals surface area contributed by atoms with E-state index in [0.717, 1.165) is 40.8 Å². The van der Waals surface area contributed by atoms with E-state index in [1.165, 1.54) is 0 Å². The first-order chi connectivity index (χ1) is 13.0. The highest BCUT2D eigenvalue weighted by Crippen LogP contribution is 2.25. The molecule has 0 bridgehead atoms. The molecule has 1 atom stereocenters. The van der Waals surface area contributed by atoms with Crippen molar-refractivity contribution in [3.8, 4) is 5.69 Å². The van der Waals surface area contributed by atoms with Crippen molar-refractivity contribution in [2.45, 2.75) is 20.3 Å². The zero-order chi connectivity index (χ0) is 19.1. The number of halogens is 1. The number of nitrogens with one attached hydrogen (secondary N) is 1. The van der Waals surface area contributed by atoms with Gasteiger partial charge >= 0.3 is 0 Å². The van der Waals surface area contributed by atoms with E-state index in [2.05, 4.69) is 40.9 Å². The third kappa shape index (κ3) is 3.29. The van der Waals surface area contributed by atoms with Gasteiger partial charge in [0.25, 0.3) is 5.56 Å². The van der Waals surface area contributed by atoms with Gasteiger partial charge in [0.05, 0.1) is 5.69 Å². The van der Waals surface area contributed by atoms with Crippen molar-refractivity contribution in [2.24, 2.45) is 10.9 Å². The molecule has 7 nitrogen and oxygen atoms in total. The van der Waals surface area contributed by atoms with Crippen molar-refractivity contribution in [1.82, 2.24) is 19.7 Å². The van der Waals surface area contributed by atoms with Gasteiger partial charge in [-0.25, -0.2) is 4.68 Å². The lowest BCUT2D eigenvalue weighted by molar-refractivity contribution is 0.797. The lowest BCUT2D eigenvalue weighted by Crippen LogP contribution is -2.25. The van der Waals surface area contributed by atoms with Crippen LogP contribution in [-0.4, -0.2) is 46.1 Å². The summed E-state index contributed by atoms with van der Waals surface area (Å²) in [6.07, 6.45) is 4.72. The van der Waals surface area contributed by atoms with Crippen LogP contribution in [0.5, 0.6) is 0 Å². The van der Waals surface area contributed by atoms with Crippen molar-refractivity contribution in [2.75, 3.05) is 25.0 Å². The molecule has 1 unspecified atom stereocenters. The molecule has 8 heteroatoms. The number of nitrogens with zero attached hydrogens (tertiary/aromatic N) is 5. The molecule has 1 fully saturated rings. The Morgan fingerprint density at radius 3 is 2.78 bits per heavy atom. The van der Waals surface area contributed by atoms with Gasteiger partial charge in [-0.3, -0.25) is 9.78 Å². The molecule has 27 heavy (non-hydrogen) atoms. The first kappa shape index (κ1) is 17.9. The predicted molar refractivity (Wildman–Crippen MR) is 111 cm³/mol. The van der Waals surface area contributed by atoms with Gasteiger partial charge in [0, 0.05) is 42.9 Å². The second kappa shape index (κ2) is 6.92. The molecule has 2 aromatic heterocycles. The van der Waals surface area contributed by atoms with E-state index < -0.39 is 0 Å². The average Bonchev–Trinajstić information content (AvgIpc) is 3.21. The third-order valence-corrected chi connectivity index (χ3v) is 5.40. The fourth-order valence-electron chi connectivity index (χ4n) is 3.75. The molecule has 0 amide bonds. The first-order valence-corrected chi connectivity index (χ1v) is 9.69. The number of aliphatic imine (C=N–C) groups is 1. The van der Waals surface area contributed by atoms with Crippen molar-refractivity contribution in [1.29, 1.82) is 0 Å². The summed E-state index contributed by atoms with van der Waals surface area (Å²) in [5.74, 6) is 0.968. The summed E-state index contributed by atoms with van der Waals surface area (Å²) in [7, 11) is 1.79. The summed E-state index contributed by atoms with van der Waals surface area (Å²) in [4.78, 5) is 26.4. The van der Waals surface area contributed by atoms with E-state index in [1.807, 2.05) is 32.2 Å². The SMILES string of the molecule is CN=CC1CCN(c2nc3nn(-c4c(C)cc(Br)cc4C)cc3c(=O)[nH]2)C1. The van der Waals surface area contributed by atoms with Crippen LogP contribution in [0.25, 0.3) is 16.7 Å². The van der Waals surface area contributed by atoms with Crippen molar-refractivity contribution in [3.05, 3.63) is 44.3 Å². The quantitative estimate of drug-likeness (QED) is 0.650. The van der Waals surface area contributed by atoms with Gasteiger partial charge in [0.15, 0.2) is 5.65 Å². The van der Waals surface area contributed by atoms with Gasteiger partial charge in [0.1, 0.15) is 5.39 Å². The summed E-state index contributed by atoms with van der Waals surface area (Å²) in [6, 6.07) is 4.08. The maximum atomic E-state index is 12.6. The molecule has 0 radical (unpaired) electrons. The summed E-state index contributed by atoms with van der Waals surface area (Å²) in [6.45, 7) is 5.71. The van der Waals surface area contributed by atoms with Crippen LogP contribution in [0.3, 0.4) is 0 Å². The Labute approximate surface area is 165 Å². The molecule has 3 heterocycles. The van der Waals surface area contributed by atoms with E-state index in [9.17, 15) is 4.79 Å². The lowest BCUT2D eigenvalue weighted by atomic mass is 10.1. The molecule has 1 saturated heterocycles. The van der Waals surface area contributed by atoms with Crippen LogP contribution in [0.2, 0.25) is 0 Å². The van der Waals surface area contributed by atoms with Crippen LogP contribution in [-0.2, 0) is 0 Å². The Morgan fingerprint density at radius 2 is 2.07 bits per heavy atom. The minimum absolute atomic E-state index is 0.165. The van der Waals surface area contributed by atoms with E-state index in [4.69, 9.17) is 0 Å². The maximum absolute atomic E-state index is 12.6. The van der Waals surface area contributed by atoms with Gasteiger partial charge in [-0.15, -0.1) is 5.10 Å². The van der Waals surface area contributed by atoms with E-state index in [0.29, 0.717) is 22.9 Å². The highest BCUT2D eigenvalue weighted by atomic mass is 79.9. The number of fused-ring (bicyclic) bond motifs is 1. The number of rotatable bonds is 3. The molecule has 0 saturated carbocycles. The second-order valence-corrected chi connectivity index (χ2v) is 7.91. The molecular formula is C19H21BrN6O. The third-order valence-electron chi connectivity index (χ3n) is 4.95. The largest absolute Gasteiger partial charge is 0.342 e. The summed E-state index contributed by atoms with van der Waals surface area (Å²) in [5.41, 5.74) is 3.42. The van der Waals surface area contributed by atoms with Crippen LogP contribution in [0.4, 0.5) is 5.95 Å². The monoisotopic (exact) mass is 428 g/mol. The van der Waals surface area contributed by atoms with Crippen LogP contribution in [0.1, 0.15) is 17.5 Å². The van der Waals surface area contributed by atoms with Gasteiger partial charge < -0.3 is 9.89 Å². The van der Waals surface area contributed by atoms with Crippen molar-refractivity contribution in [3.63, 3.8) is 0 Å². The molecule has 0 spiro atoms. The Balaban J connectivity index is 1.76. The molecule has 3 aromatic rings. The Bertz CT molecular complexity index is 1080. The number of H-pyrrole nitrogens is 1. The number of aromatic amines is 1. The van der Waals surface area contributed by atoms with Gasteiger partial charge in [-0.05, 0) is 43.5 Å². The predicted octanol–water partition coefficient (Wildman–Crippen LogP) is 3.02. The van der Waals surface area contributed by atoms with Gasteiger partial charge in [0.2, 0.25) is 5.95 Å². The summed E-state index contributed by atoms with van der Waals surface area (Å²) in [5, 5.41) is 5.09. The van der Waals surface area contributed by atoms with E-state index in [1.54, 1.807) is 17.9 Å². The number of anilines is 1. The van der Waals surface area contributed by atoms with Crippen LogP contribution in [0.15, 0.2) is 32.6 Å². The topological polar surface area (TPSA) is 79.2 Å². The Morgan fingerprint density at radius 1 is 1.33 bits per heavy atom. The van der Waals surface area contributed by atoms with E-state index >= 15 is 0 Å². The normalized spacial score (nSPS) is 17.5. The summed E-state index contributed by atoms with van der Waals surface area (Å²) < 4.78 is 2.78. The smallest absolute Gasteiger partial charge is 0.263 e. The molecule has 1 N–H and O–H groups in total. The maximum Gasteiger partial charge on any atom is 0.263 e. The van der Waals surface area contributed by atoms with Crippen molar-refractivity contribution >= 4 is 39.1 Å². The second-order valence-electron chi connectivity index (χ2n) is 6.99. The molecule has 1 aliphatic rings. The average molecular weight is 429 g/mol. The van der Waals surface area contributed by atoms with Crippen molar-refractivity contribution < 1.29 is 0 Å². The molecule has 0 aliphatic carbocycles. The summed E-state index contributed by atoms with van der Waals surface area (Å²) >= 11 is 3.52.